The lowest BCUT2D eigenvalue weighted by Crippen LogP contribution is -2.47. The van der Waals surface area contributed by atoms with Gasteiger partial charge in [0, 0.05) is 6.54 Å². The SMILES string of the molecule is Cc1ccc(OC(C)C(=O)N2CCC(C)C2C(=O)O)cc1. The summed E-state index contributed by atoms with van der Waals surface area (Å²) in [5.74, 6) is -0.637. The van der Waals surface area contributed by atoms with Crippen molar-refractivity contribution in [2.75, 3.05) is 6.54 Å². The van der Waals surface area contributed by atoms with Crippen LogP contribution < -0.4 is 4.74 Å². The summed E-state index contributed by atoms with van der Waals surface area (Å²) in [6.45, 7) is 5.96. The largest absolute Gasteiger partial charge is 0.481 e. The van der Waals surface area contributed by atoms with E-state index in [0.29, 0.717) is 18.7 Å². The predicted octanol–water partition coefficient (Wildman–Crippen LogP) is 2.08. The van der Waals surface area contributed by atoms with Gasteiger partial charge in [0.2, 0.25) is 0 Å². The van der Waals surface area contributed by atoms with E-state index in [9.17, 15) is 14.7 Å². The Kier molecular flexibility index (Phi) is 4.50. The third-order valence-corrected chi connectivity index (χ3v) is 3.92. The molecule has 1 saturated heterocycles. The van der Waals surface area contributed by atoms with E-state index in [0.717, 1.165) is 5.56 Å². The molecule has 1 N–H and O–H groups in total. The Morgan fingerprint density at radius 2 is 1.95 bits per heavy atom. The number of aryl methyl sites for hydroxylation is 1. The van der Waals surface area contributed by atoms with Crippen molar-refractivity contribution in [1.29, 1.82) is 0 Å². The summed E-state index contributed by atoms with van der Waals surface area (Å²) in [5.41, 5.74) is 1.11. The smallest absolute Gasteiger partial charge is 0.326 e. The van der Waals surface area contributed by atoms with Crippen LogP contribution in [-0.4, -0.2) is 40.6 Å². The molecule has 21 heavy (non-hydrogen) atoms. The molecule has 0 radical (unpaired) electrons. The number of nitrogens with zero attached hydrogens (tertiary/aromatic N) is 1. The zero-order valence-electron chi connectivity index (χ0n) is 12.6. The first kappa shape index (κ1) is 15.4. The molecule has 1 aromatic carbocycles. The quantitative estimate of drug-likeness (QED) is 0.922. The van der Waals surface area contributed by atoms with Gasteiger partial charge in [0.05, 0.1) is 0 Å². The number of hydrogen-bond donors (Lipinski definition) is 1. The monoisotopic (exact) mass is 291 g/mol. The summed E-state index contributed by atoms with van der Waals surface area (Å²) in [4.78, 5) is 25.1. The van der Waals surface area contributed by atoms with Gasteiger partial charge in [-0.05, 0) is 38.3 Å². The summed E-state index contributed by atoms with van der Waals surface area (Å²) >= 11 is 0. The summed E-state index contributed by atoms with van der Waals surface area (Å²) in [5, 5.41) is 9.27. The third kappa shape index (κ3) is 3.35. The molecule has 1 aliphatic rings. The van der Waals surface area contributed by atoms with Crippen LogP contribution in [0.15, 0.2) is 24.3 Å². The Balaban J connectivity index is 2.05. The van der Waals surface area contributed by atoms with Crippen LogP contribution in [-0.2, 0) is 9.59 Å². The van der Waals surface area contributed by atoms with Crippen LogP contribution in [0.3, 0.4) is 0 Å². The van der Waals surface area contributed by atoms with Gasteiger partial charge in [0.25, 0.3) is 5.91 Å². The van der Waals surface area contributed by atoms with Gasteiger partial charge >= 0.3 is 5.97 Å². The van der Waals surface area contributed by atoms with E-state index >= 15 is 0 Å². The minimum absolute atomic E-state index is 0.0296. The zero-order chi connectivity index (χ0) is 15.6. The van der Waals surface area contributed by atoms with Crippen LogP contribution in [0.25, 0.3) is 0 Å². The lowest BCUT2D eigenvalue weighted by Gasteiger charge is -2.26. The van der Waals surface area contributed by atoms with Crippen LogP contribution >= 0.6 is 0 Å². The maximum Gasteiger partial charge on any atom is 0.326 e. The van der Waals surface area contributed by atoms with Gasteiger partial charge in [-0.25, -0.2) is 4.79 Å². The minimum atomic E-state index is -0.948. The fourth-order valence-electron chi connectivity index (χ4n) is 2.68. The summed E-state index contributed by atoms with van der Waals surface area (Å²) < 4.78 is 5.62. The Labute approximate surface area is 124 Å². The third-order valence-electron chi connectivity index (χ3n) is 3.92. The lowest BCUT2D eigenvalue weighted by atomic mass is 10.0. The van der Waals surface area contributed by atoms with Gasteiger partial charge in [-0.3, -0.25) is 4.79 Å². The van der Waals surface area contributed by atoms with Crippen LogP contribution in [0, 0.1) is 12.8 Å². The number of rotatable bonds is 4. The molecule has 0 bridgehead atoms. The molecule has 1 heterocycles. The van der Waals surface area contributed by atoms with Gasteiger partial charge < -0.3 is 14.7 Å². The fourth-order valence-corrected chi connectivity index (χ4v) is 2.68. The van der Waals surface area contributed by atoms with E-state index < -0.39 is 18.1 Å². The van der Waals surface area contributed by atoms with Gasteiger partial charge in [-0.15, -0.1) is 0 Å². The summed E-state index contributed by atoms with van der Waals surface area (Å²) in [6, 6.07) is 6.68. The van der Waals surface area contributed by atoms with Gasteiger partial charge in [-0.2, -0.15) is 0 Å². The average molecular weight is 291 g/mol. The zero-order valence-corrected chi connectivity index (χ0v) is 12.6. The molecule has 1 aromatic rings. The van der Waals surface area contributed by atoms with E-state index in [-0.39, 0.29) is 11.8 Å². The second-order valence-corrected chi connectivity index (χ2v) is 5.65. The van der Waals surface area contributed by atoms with Gasteiger partial charge in [0.1, 0.15) is 11.8 Å². The number of aliphatic carboxylic acids is 1. The number of amides is 1. The van der Waals surface area contributed by atoms with Crippen LogP contribution in [0.1, 0.15) is 25.8 Å². The second-order valence-electron chi connectivity index (χ2n) is 5.65. The first-order valence-electron chi connectivity index (χ1n) is 7.16. The van der Waals surface area contributed by atoms with Gasteiger partial charge in [-0.1, -0.05) is 24.6 Å². The normalized spacial score (nSPS) is 22.9. The number of carboxylic acids is 1. The highest BCUT2D eigenvalue weighted by Crippen LogP contribution is 2.25. The van der Waals surface area contributed by atoms with Crippen LogP contribution in [0.5, 0.6) is 5.75 Å². The van der Waals surface area contributed by atoms with Gasteiger partial charge in [0.15, 0.2) is 6.10 Å². The molecule has 2 rings (SSSR count). The van der Waals surface area contributed by atoms with Crippen molar-refractivity contribution in [1.82, 2.24) is 4.90 Å². The Hall–Kier alpha value is -2.04. The molecular weight excluding hydrogens is 270 g/mol. The summed E-state index contributed by atoms with van der Waals surface area (Å²) in [6.07, 6.45) is 0.0137. The number of benzene rings is 1. The molecule has 0 saturated carbocycles. The van der Waals surface area contributed by atoms with E-state index in [1.165, 1.54) is 4.90 Å². The highest BCUT2D eigenvalue weighted by Gasteiger charge is 2.41. The first-order valence-corrected chi connectivity index (χ1v) is 7.16. The average Bonchev–Trinajstić information content (AvgIpc) is 2.82. The van der Waals surface area contributed by atoms with E-state index in [2.05, 4.69) is 0 Å². The highest BCUT2D eigenvalue weighted by atomic mass is 16.5. The first-order chi connectivity index (χ1) is 9.90. The molecule has 1 amide bonds. The molecule has 0 aliphatic carbocycles. The number of hydrogen-bond acceptors (Lipinski definition) is 3. The molecule has 0 aromatic heterocycles. The molecule has 3 unspecified atom stereocenters. The van der Waals surface area contributed by atoms with Crippen molar-refractivity contribution in [2.45, 2.75) is 39.3 Å². The molecule has 5 heteroatoms. The fraction of sp³-hybridized carbons (Fsp3) is 0.500. The molecule has 114 valence electrons. The number of ether oxygens (including phenoxy) is 1. The standard InChI is InChI=1S/C16H21NO4/c1-10-4-6-13(7-5-10)21-12(3)15(18)17-9-8-11(2)14(17)16(19)20/h4-7,11-12,14H,8-9H2,1-3H3,(H,19,20). The lowest BCUT2D eigenvalue weighted by molar-refractivity contribution is -0.152. The van der Waals surface area contributed by atoms with Crippen molar-refractivity contribution in [2.24, 2.45) is 5.92 Å². The number of carbonyl (C=O) groups excluding carboxylic acids is 1. The van der Waals surface area contributed by atoms with Crippen molar-refractivity contribution in [3.05, 3.63) is 29.8 Å². The molecule has 1 fully saturated rings. The van der Waals surface area contributed by atoms with Crippen molar-refractivity contribution in [3.8, 4) is 5.75 Å². The molecule has 0 spiro atoms. The maximum absolute atomic E-state index is 12.4. The molecular formula is C16H21NO4. The minimum Gasteiger partial charge on any atom is -0.481 e. The van der Waals surface area contributed by atoms with Crippen molar-refractivity contribution in [3.63, 3.8) is 0 Å². The summed E-state index contributed by atoms with van der Waals surface area (Å²) in [7, 11) is 0. The van der Waals surface area contributed by atoms with Crippen LogP contribution in [0.4, 0.5) is 0 Å². The molecule has 5 nitrogen and oxygen atoms in total. The number of carboxylic acid groups (broad SMARTS) is 1. The Bertz CT molecular complexity index is 526. The van der Waals surface area contributed by atoms with E-state index in [1.807, 2.05) is 26.0 Å². The number of carbonyl (C=O) groups is 2. The van der Waals surface area contributed by atoms with E-state index in [4.69, 9.17) is 4.74 Å². The maximum atomic E-state index is 12.4. The van der Waals surface area contributed by atoms with Crippen molar-refractivity contribution >= 4 is 11.9 Å². The predicted molar refractivity (Wildman–Crippen MR) is 78.2 cm³/mol. The van der Waals surface area contributed by atoms with E-state index in [1.54, 1.807) is 19.1 Å². The van der Waals surface area contributed by atoms with Crippen molar-refractivity contribution < 1.29 is 19.4 Å². The molecule has 3 atom stereocenters. The Morgan fingerprint density at radius 3 is 2.52 bits per heavy atom. The Morgan fingerprint density at radius 1 is 1.33 bits per heavy atom. The topological polar surface area (TPSA) is 66.8 Å². The highest BCUT2D eigenvalue weighted by molar-refractivity contribution is 5.87. The number of likely N-dealkylation sites (tertiary alicyclic amines) is 1. The second kappa shape index (κ2) is 6.16. The van der Waals surface area contributed by atoms with Crippen LogP contribution in [0.2, 0.25) is 0 Å². The molecule has 1 aliphatic heterocycles.